The van der Waals surface area contributed by atoms with Crippen molar-refractivity contribution in [3.63, 3.8) is 0 Å². The summed E-state index contributed by atoms with van der Waals surface area (Å²) in [6.07, 6.45) is 0. The first-order valence-corrected chi connectivity index (χ1v) is 21.8. The van der Waals surface area contributed by atoms with Gasteiger partial charge in [0.05, 0.1) is 5.41 Å². The van der Waals surface area contributed by atoms with Gasteiger partial charge in [0, 0.05) is 36.9 Å². The Morgan fingerprint density at radius 2 is 0.823 bits per heavy atom. The molecule has 4 heteroatoms. The van der Waals surface area contributed by atoms with Gasteiger partial charge in [0.1, 0.15) is 0 Å². The minimum absolute atomic E-state index is 0.426. The van der Waals surface area contributed by atoms with Crippen LogP contribution in [0.1, 0.15) is 22.3 Å². The maximum atomic E-state index is 5.26. The van der Waals surface area contributed by atoms with Gasteiger partial charge < -0.3 is 0 Å². The van der Waals surface area contributed by atoms with Crippen molar-refractivity contribution in [2.24, 2.45) is 0 Å². The van der Waals surface area contributed by atoms with Crippen LogP contribution in [0.2, 0.25) is 0 Å². The van der Waals surface area contributed by atoms with E-state index in [0.717, 1.165) is 38.9 Å². The van der Waals surface area contributed by atoms with Crippen molar-refractivity contribution in [1.82, 2.24) is 15.0 Å². The normalized spacial score (nSPS) is 12.6. The van der Waals surface area contributed by atoms with Gasteiger partial charge in [-0.25, -0.2) is 15.0 Å². The molecular weight excluding hydrogens is 771 g/mol. The molecule has 0 spiro atoms. The largest absolute Gasteiger partial charge is 0.208 e. The Labute approximate surface area is 364 Å². The summed E-state index contributed by atoms with van der Waals surface area (Å²) in [6.45, 7) is 0. The standard InChI is InChI=1S/C58H37N3S/c1-4-17-39(18-5-1)44-23-10-11-26-48(44)56-59-55(60-57(61-56)49-28-16-27-47-46-25-13-15-30-53(46)62-54(47)49)40-33-31-38(32-34-40)41-35-36-52-50(37-41)45-24-12-14-29-51(45)58(52,42-19-6-2-7-20-42)43-21-8-3-9-22-43/h1-37H. The van der Waals surface area contributed by atoms with Crippen LogP contribution in [0, 0.1) is 0 Å². The van der Waals surface area contributed by atoms with Crippen LogP contribution in [0.3, 0.4) is 0 Å². The molecule has 3 nitrogen and oxygen atoms in total. The lowest BCUT2D eigenvalue weighted by Crippen LogP contribution is -2.28. The quantitative estimate of drug-likeness (QED) is 0.161. The minimum Gasteiger partial charge on any atom is -0.208 e. The van der Waals surface area contributed by atoms with Crippen molar-refractivity contribution >= 4 is 31.5 Å². The Morgan fingerprint density at radius 3 is 1.56 bits per heavy atom. The van der Waals surface area contributed by atoms with E-state index in [1.165, 1.54) is 53.6 Å². The van der Waals surface area contributed by atoms with E-state index in [-0.39, 0.29) is 0 Å². The molecular formula is C58H37N3S. The summed E-state index contributed by atoms with van der Waals surface area (Å²) in [5, 5.41) is 2.46. The SMILES string of the molecule is c1ccc(-c2ccccc2-c2nc(-c3ccc(-c4ccc5c(c4)-c4ccccc4C5(c4ccccc4)c4ccccc4)cc3)nc(-c3cccc4c3sc3ccccc34)n2)cc1. The Hall–Kier alpha value is -7.79. The van der Waals surface area contributed by atoms with Crippen molar-refractivity contribution in [1.29, 1.82) is 0 Å². The highest BCUT2D eigenvalue weighted by Crippen LogP contribution is 2.56. The van der Waals surface area contributed by atoms with Crippen LogP contribution in [0.25, 0.3) is 87.7 Å². The first-order chi connectivity index (χ1) is 30.7. The number of hydrogen-bond acceptors (Lipinski definition) is 4. The molecule has 0 unspecified atom stereocenters. The molecule has 0 N–H and O–H groups in total. The van der Waals surface area contributed by atoms with E-state index in [1.54, 1.807) is 11.3 Å². The number of nitrogens with zero attached hydrogens (tertiary/aromatic N) is 3. The zero-order valence-electron chi connectivity index (χ0n) is 33.6. The molecule has 1 aliphatic carbocycles. The first-order valence-electron chi connectivity index (χ1n) is 21.0. The molecule has 0 radical (unpaired) electrons. The summed E-state index contributed by atoms with van der Waals surface area (Å²) >= 11 is 1.79. The van der Waals surface area contributed by atoms with Gasteiger partial charge in [0.25, 0.3) is 0 Å². The van der Waals surface area contributed by atoms with Crippen molar-refractivity contribution in [2.45, 2.75) is 5.41 Å². The van der Waals surface area contributed by atoms with E-state index in [9.17, 15) is 0 Å². The van der Waals surface area contributed by atoms with Gasteiger partial charge in [-0.15, -0.1) is 11.3 Å². The number of hydrogen-bond donors (Lipinski definition) is 0. The van der Waals surface area contributed by atoms with Crippen LogP contribution in [0.5, 0.6) is 0 Å². The van der Waals surface area contributed by atoms with Crippen LogP contribution in [0.4, 0.5) is 0 Å². The monoisotopic (exact) mass is 807 g/mol. The number of thiophene rings is 1. The fourth-order valence-corrected chi connectivity index (χ4v) is 10.9. The highest BCUT2D eigenvalue weighted by atomic mass is 32.1. The van der Waals surface area contributed by atoms with Gasteiger partial charge in [-0.1, -0.05) is 206 Å². The van der Waals surface area contributed by atoms with Crippen molar-refractivity contribution in [2.75, 3.05) is 0 Å². The highest BCUT2D eigenvalue weighted by molar-refractivity contribution is 7.26. The lowest BCUT2D eigenvalue weighted by atomic mass is 9.67. The molecule has 11 aromatic rings. The van der Waals surface area contributed by atoms with Crippen LogP contribution in [0.15, 0.2) is 224 Å². The summed E-state index contributed by atoms with van der Waals surface area (Å²) < 4.78 is 2.42. The third-order valence-electron chi connectivity index (χ3n) is 12.5. The van der Waals surface area contributed by atoms with Crippen LogP contribution < -0.4 is 0 Å². The van der Waals surface area contributed by atoms with Gasteiger partial charge in [-0.2, -0.15) is 0 Å². The number of fused-ring (bicyclic) bond motifs is 6. The summed E-state index contributed by atoms with van der Waals surface area (Å²) in [5.41, 5.74) is 14.6. The fourth-order valence-electron chi connectivity index (χ4n) is 9.66. The third kappa shape index (κ3) is 5.76. The first kappa shape index (κ1) is 36.1. The molecule has 2 heterocycles. The number of aromatic nitrogens is 3. The Kier molecular flexibility index (Phi) is 8.58. The zero-order valence-corrected chi connectivity index (χ0v) is 34.4. The van der Waals surface area contributed by atoms with E-state index in [2.05, 4.69) is 218 Å². The zero-order chi connectivity index (χ0) is 41.0. The smallest absolute Gasteiger partial charge is 0.165 e. The van der Waals surface area contributed by atoms with Crippen molar-refractivity contribution in [3.05, 3.63) is 247 Å². The molecule has 1 aliphatic rings. The number of rotatable bonds is 7. The summed E-state index contributed by atoms with van der Waals surface area (Å²) in [6, 6.07) is 80.5. The van der Waals surface area contributed by atoms with E-state index >= 15 is 0 Å². The molecule has 0 fully saturated rings. The molecule has 12 rings (SSSR count). The van der Waals surface area contributed by atoms with E-state index in [0.29, 0.717) is 17.5 Å². The Balaban J connectivity index is 0.993. The topological polar surface area (TPSA) is 38.7 Å². The third-order valence-corrected chi connectivity index (χ3v) is 13.7. The van der Waals surface area contributed by atoms with E-state index in [4.69, 9.17) is 15.0 Å². The van der Waals surface area contributed by atoms with Gasteiger partial charge in [0.15, 0.2) is 17.5 Å². The second-order valence-corrected chi connectivity index (χ2v) is 16.9. The molecule has 0 aliphatic heterocycles. The maximum Gasteiger partial charge on any atom is 0.165 e. The van der Waals surface area contributed by atoms with Gasteiger partial charge in [-0.05, 0) is 73.8 Å². The average Bonchev–Trinajstić information content (AvgIpc) is 3.89. The molecule has 2 aromatic heterocycles. The second-order valence-electron chi connectivity index (χ2n) is 15.9. The van der Waals surface area contributed by atoms with Crippen molar-refractivity contribution < 1.29 is 0 Å². The summed E-state index contributed by atoms with van der Waals surface area (Å²) in [5.74, 6) is 1.94. The lowest BCUT2D eigenvalue weighted by molar-refractivity contribution is 0.768. The van der Waals surface area contributed by atoms with Crippen molar-refractivity contribution in [3.8, 4) is 67.5 Å². The van der Waals surface area contributed by atoms with Gasteiger partial charge in [0.2, 0.25) is 0 Å². The average molecular weight is 808 g/mol. The predicted octanol–water partition coefficient (Wildman–Crippen LogP) is 14.9. The number of benzene rings is 9. The van der Waals surface area contributed by atoms with Crippen LogP contribution in [-0.2, 0) is 5.41 Å². The minimum atomic E-state index is -0.426. The van der Waals surface area contributed by atoms with Gasteiger partial charge in [-0.3, -0.25) is 0 Å². The fraction of sp³-hybridized carbons (Fsp3) is 0.0172. The maximum absolute atomic E-state index is 5.26. The Bertz CT molecular complexity index is 3410. The Morgan fingerprint density at radius 1 is 0.306 bits per heavy atom. The summed E-state index contributed by atoms with van der Waals surface area (Å²) in [4.78, 5) is 15.8. The predicted molar refractivity (Wildman–Crippen MR) is 257 cm³/mol. The van der Waals surface area contributed by atoms with Crippen LogP contribution >= 0.6 is 11.3 Å². The van der Waals surface area contributed by atoms with Gasteiger partial charge >= 0.3 is 0 Å². The van der Waals surface area contributed by atoms with Crippen LogP contribution in [-0.4, -0.2) is 15.0 Å². The molecule has 9 aromatic carbocycles. The molecule has 290 valence electrons. The lowest BCUT2D eigenvalue weighted by Gasteiger charge is -2.33. The summed E-state index contributed by atoms with van der Waals surface area (Å²) in [7, 11) is 0. The van der Waals surface area contributed by atoms with E-state index in [1.807, 2.05) is 6.07 Å². The van der Waals surface area contributed by atoms with E-state index < -0.39 is 5.41 Å². The second kappa shape index (κ2) is 14.7. The molecule has 62 heavy (non-hydrogen) atoms. The molecule has 0 atom stereocenters. The molecule has 0 saturated heterocycles. The molecule has 0 amide bonds. The highest BCUT2D eigenvalue weighted by Gasteiger charge is 2.45. The molecule has 0 saturated carbocycles. The molecule has 0 bridgehead atoms.